The van der Waals surface area contributed by atoms with E-state index in [1.54, 1.807) is 6.92 Å². The zero-order chi connectivity index (χ0) is 13.4. The van der Waals surface area contributed by atoms with Crippen molar-refractivity contribution in [1.82, 2.24) is 0 Å². The van der Waals surface area contributed by atoms with Gasteiger partial charge < -0.3 is 4.42 Å². The van der Waals surface area contributed by atoms with Gasteiger partial charge in [-0.3, -0.25) is 4.79 Å². The van der Waals surface area contributed by atoms with Crippen LogP contribution in [0.15, 0.2) is 52.9 Å². The Hall–Kier alpha value is -2.35. The zero-order valence-corrected chi connectivity index (χ0v) is 10.9. The number of benzene rings is 2. The maximum absolute atomic E-state index is 11.7. The lowest BCUT2D eigenvalue weighted by Gasteiger charge is -2.02. The first-order valence-corrected chi connectivity index (χ1v) is 6.26. The van der Waals surface area contributed by atoms with E-state index in [1.165, 1.54) is 5.56 Å². The smallest absolute Gasteiger partial charge is 0.160 e. The van der Waals surface area contributed by atoms with Crippen LogP contribution >= 0.6 is 0 Å². The topological polar surface area (TPSA) is 30.2 Å². The molecule has 2 heteroatoms. The van der Waals surface area contributed by atoms with Crippen LogP contribution in [0.4, 0.5) is 0 Å². The van der Waals surface area contributed by atoms with Crippen molar-refractivity contribution >= 4 is 16.8 Å². The highest BCUT2D eigenvalue weighted by Crippen LogP contribution is 2.30. The second-order valence-corrected chi connectivity index (χ2v) is 4.75. The fraction of sp³-hybridized carbons (Fsp3) is 0.118. The van der Waals surface area contributed by atoms with Crippen molar-refractivity contribution < 1.29 is 9.21 Å². The van der Waals surface area contributed by atoms with Crippen molar-refractivity contribution in [2.24, 2.45) is 0 Å². The molecule has 0 unspecified atom stereocenters. The van der Waals surface area contributed by atoms with Gasteiger partial charge >= 0.3 is 0 Å². The van der Waals surface area contributed by atoms with E-state index in [2.05, 4.69) is 13.0 Å². The second-order valence-electron chi connectivity index (χ2n) is 4.75. The summed E-state index contributed by atoms with van der Waals surface area (Å²) in [5.74, 6) is 0.790. The van der Waals surface area contributed by atoms with Crippen LogP contribution in [0.1, 0.15) is 22.8 Å². The molecule has 0 amide bonds. The minimum Gasteiger partial charge on any atom is -0.456 e. The molecule has 2 aromatic carbocycles. The molecule has 1 aromatic heterocycles. The van der Waals surface area contributed by atoms with Gasteiger partial charge in [0.15, 0.2) is 5.78 Å². The highest BCUT2D eigenvalue weighted by Gasteiger charge is 2.12. The molecule has 19 heavy (non-hydrogen) atoms. The fourth-order valence-electron chi connectivity index (χ4n) is 2.30. The number of hydrogen-bond acceptors (Lipinski definition) is 2. The molecule has 0 N–H and O–H groups in total. The van der Waals surface area contributed by atoms with E-state index in [0.29, 0.717) is 5.56 Å². The molecule has 0 radical (unpaired) electrons. The highest BCUT2D eigenvalue weighted by molar-refractivity contribution is 6.01. The summed E-state index contributed by atoms with van der Waals surface area (Å²) in [5, 5.41) is 1.06. The molecule has 0 spiro atoms. The maximum atomic E-state index is 11.7. The minimum atomic E-state index is 0.0484. The molecule has 0 saturated carbocycles. The number of furan rings is 1. The van der Waals surface area contributed by atoms with Gasteiger partial charge in [0, 0.05) is 16.5 Å². The molecule has 3 aromatic rings. The van der Waals surface area contributed by atoms with Gasteiger partial charge in [-0.25, -0.2) is 0 Å². The summed E-state index contributed by atoms with van der Waals surface area (Å²) < 4.78 is 5.85. The molecule has 2 nitrogen and oxygen atoms in total. The van der Waals surface area contributed by atoms with Gasteiger partial charge in [0.05, 0.1) is 0 Å². The summed E-state index contributed by atoms with van der Waals surface area (Å²) >= 11 is 0. The van der Waals surface area contributed by atoms with Crippen molar-refractivity contribution in [2.75, 3.05) is 0 Å². The summed E-state index contributed by atoms with van der Waals surface area (Å²) in [6.45, 7) is 3.63. The van der Waals surface area contributed by atoms with E-state index < -0.39 is 0 Å². The summed E-state index contributed by atoms with van der Waals surface area (Å²) in [6.07, 6.45) is 0. The largest absolute Gasteiger partial charge is 0.456 e. The number of hydrogen-bond donors (Lipinski definition) is 0. The third-order valence-corrected chi connectivity index (χ3v) is 3.24. The number of aryl methyl sites for hydroxylation is 1. The lowest BCUT2D eigenvalue weighted by Crippen LogP contribution is -1.94. The van der Waals surface area contributed by atoms with Crippen LogP contribution in [0.5, 0.6) is 0 Å². The first kappa shape index (κ1) is 11.7. The Morgan fingerprint density at radius 1 is 1.05 bits per heavy atom. The summed E-state index contributed by atoms with van der Waals surface area (Å²) in [7, 11) is 0. The van der Waals surface area contributed by atoms with Gasteiger partial charge in [-0.1, -0.05) is 35.9 Å². The van der Waals surface area contributed by atoms with Crippen LogP contribution in [0.2, 0.25) is 0 Å². The van der Waals surface area contributed by atoms with E-state index in [-0.39, 0.29) is 5.78 Å². The van der Waals surface area contributed by atoms with E-state index in [4.69, 9.17) is 4.42 Å². The zero-order valence-electron chi connectivity index (χ0n) is 10.9. The molecule has 0 aliphatic carbocycles. The first-order chi connectivity index (χ1) is 9.15. The van der Waals surface area contributed by atoms with E-state index in [0.717, 1.165) is 22.3 Å². The monoisotopic (exact) mass is 250 g/mol. The molecule has 0 saturated heterocycles. The predicted octanol–water partition coefficient (Wildman–Crippen LogP) is 4.61. The van der Waals surface area contributed by atoms with Crippen LogP contribution in [0.25, 0.3) is 22.3 Å². The van der Waals surface area contributed by atoms with Crippen LogP contribution in [-0.4, -0.2) is 5.78 Å². The van der Waals surface area contributed by atoms with Gasteiger partial charge in [-0.2, -0.15) is 0 Å². The van der Waals surface area contributed by atoms with Gasteiger partial charge in [-0.15, -0.1) is 0 Å². The van der Waals surface area contributed by atoms with Gasteiger partial charge in [0.1, 0.15) is 11.3 Å². The Morgan fingerprint density at radius 3 is 2.63 bits per heavy atom. The Morgan fingerprint density at radius 2 is 1.84 bits per heavy atom. The Bertz CT molecular complexity index is 766. The van der Waals surface area contributed by atoms with Crippen LogP contribution in [-0.2, 0) is 0 Å². The normalized spacial score (nSPS) is 10.8. The standard InChI is InChI=1S/C17H14O2/c1-11-7-8-16-13(9-11)10-17(19-16)15-6-4-3-5-14(15)12(2)18/h3-10H,1-2H3. The van der Waals surface area contributed by atoms with Crippen LogP contribution < -0.4 is 0 Å². The number of Topliss-reactive ketones (excluding diaryl/α,β-unsaturated/α-hetero) is 1. The molecule has 3 rings (SSSR count). The molecule has 0 bridgehead atoms. The molecule has 94 valence electrons. The van der Waals surface area contributed by atoms with Crippen molar-refractivity contribution in [2.45, 2.75) is 13.8 Å². The minimum absolute atomic E-state index is 0.0484. The van der Waals surface area contributed by atoms with Gasteiger partial charge in [0.25, 0.3) is 0 Å². The average molecular weight is 250 g/mol. The van der Waals surface area contributed by atoms with Crippen molar-refractivity contribution in [3.05, 3.63) is 59.7 Å². The van der Waals surface area contributed by atoms with Crippen molar-refractivity contribution in [3.63, 3.8) is 0 Å². The van der Waals surface area contributed by atoms with Crippen LogP contribution in [0, 0.1) is 6.92 Å². The van der Waals surface area contributed by atoms with E-state index in [1.807, 2.05) is 42.5 Å². The summed E-state index contributed by atoms with van der Waals surface area (Å²) in [6, 6.07) is 15.6. The Balaban J connectivity index is 2.22. The number of ketones is 1. The number of fused-ring (bicyclic) bond motifs is 1. The molecular formula is C17H14O2. The highest BCUT2D eigenvalue weighted by atomic mass is 16.3. The summed E-state index contributed by atoms with van der Waals surface area (Å²) in [5.41, 5.74) is 3.58. The van der Waals surface area contributed by atoms with E-state index in [9.17, 15) is 4.79 Å². The molecule has 0 aliphatic heterocycles. The maximum Gasteiger partial charge on any atom is 0.160 e. The third-order valence-electron chi connectivity index (χ3n) is 3.24. The number of rotatable bonds is 2. The fourth-order valence-corrected chi connectivity index (χ4v) is 2.30. The number of carbonyl (C=O) groups excluding carboxylic acids is 1. The Kier molecular flexibility index (Phi) is 2.71. The van der Waals surface area contributed by atoms with E-state index >= 15 is 0 Å². The quantitative estimate of drug-likeness (QED) is 0.622. The molecule has 0 aliphatic rings. The van der Waals surface area contributed by atoms with Gasteiger partial charge in [-0.05, 0) is 32.0 Å². The number of carbonyl (C=O) groups is 1. The van der Waals surface area contributed by atoms with Crippen LogP contribution in [0.3, 0.4) is 0 Å². The second kappa shape index (κ2) is 4.39. The summed E-state index contributed by atoms with van der Waals surface area (Å²) in [4.78, 5) is 11.7. The average Bonchev–Trinajstić information content (AvgIpc) is 2.81. The Labute approximate surface area is 111 Å². The molecule has 0 fully saturated rings. The predicted molar refractivity (Wildman–Crippen MR) is 76.4 cm³/mol. The third kappa shape index (κ3) is 2.06. The van der Waals surface area contributed by atoms with Gasteiger partial charge in [0.2, 0.25) is 0 Å². The lowest BCUT2D eigenvalue weighted by atomic mass is 10.0. The molecule has 0 atom stereocenters. The first-order valence-electron chi connectivity index (χ1n) is 6.26. The molecule has 1 heterocycles. The van der Waals surface area contributed by atoms with Crippen molar-refractivity contribution in [3.8, 4) is 11.3 Å². The molecular weight excluding hydrogens is 236 g/mol. The SMILES string of the molecule is CC(=O)c1ccccc1-c1cc2cc(C)ccc2o1. The lowest BCUT2D eigenvalue weighted by molar-refractivity contribution is 0.101. The van der Waals surface area contributed by atoms with Crippen molar-refractivity contribution in [1.29, 1.82) is 0 Å².